The van der Waals surface area contributed by atoms with Crippen LogP contribution in [0.1, 0.15) is 32.8 Å². The molecule has 0 aromatic heterocycles. The van der Waals surface area contributed by atoms with Gasteiger partial charge in [0.2, 0.25) is 5.91 Å². The van der Waals surface area contributed by atoms with Crippen molar-refractivity contribution < 1.29 is 18.7 Å². The number of carbonyl (C=O) groups is 2. The fraction of sp³-hybridized carbons (Fsp3) is 0.364. The SMILES string of the molecule is CC[C@H](C)NC(=O)[C@H](C)N(Cc1ccccc1F)C(=O)COc1ccccc1. The lowest BCUT2D eigenvalue weighted by Crippen LogP contribution is -2.50. The van der Waals surface area contributed by atoms with Gasteiger partial charge in [0.15, 0.2) is 6.61 Å². The zero-order valence-corrected chi connectivity index (χ0v) is 16.5. The highest BCUT2D eigenvalue weighted by Gasteiger charge is 2.27. The van der Waals surface area contributed by atoms with E-state index >= 15 is 0 Å². The first-order chi connectivity index (χ1) is 13.4. The van der Waals surface area contributed by atoms with Crippen molar-refractivity contribution in [1.29, 1.82) is 0 Å². The Morgan fingerprint density at radius 3 is 2.36 bits per heavy atom. The molecule has 0 fully saturated rings. The highest BCUT2D eigenvalue weighted by Crippen LogP contribution is 2.15. The molecule has 0 radical (unpaired) electrons. The summed E-state index contributed by atoms with van der Waals surface area (Å²) in [6.07, 6.45) is 0.775. The van der Waals surface area contributed by atoms with Crippen LogP contribution in [0.2, 0.25) is 0 Å². The zero-order chi connectivity index (χ0) is 20.5. The van der Waals surface area contributed by atoms with Gasteiger partial charge >= 0.3 is 0 Å². The third-order valence-corrected chi connectivity index (χ3v) is 4.57. The molecule has 0 unspecified atom stereocenters. The lowest BCUT2D eigenvalue weighted by atomic mass is 10.1. The van der Waals surface area contributed by atoms with Crippen LogP contribution in [0.4, 0.5) is 4.39 Å². The molecule has 28 heavy (non-hydrogen) atoms. The first-order valence-corrected chi connectivity index (χ1v) is 9.43. The number of hydrogen-bond donors (Lipinski definition) is 1. The van der Waals surface area contributed by atoms with Gasteiger partial charge in [-0.1, -0.05) is 43.3 Å². The van der Waals surface area contributed by atoms with E-state index in [1.54, 1.807) is 49.4 Å². The largest absolute Gasteiger partial charge is 0.484 e. The Kier molecular flexibility index (Phi) is 7.99. The lowest BCUT2D eigenvalue weighted by molar-refractivity contribution is -0.142. The minimum absolute atomic E-state index is 0.0130. The summed E-state index contributed by atoms with van der Waals surface area (Å²) >= 11 is 0. The van der Waals surface area contributed by atoms with E-state index in [0.717, 1.165) is 6.42 Å². The topological polar surface area (TPSA) is 58.6 Å². The average molecular weight is 386 g/mol. The second kappa shape index (κ2) is 10.4. The van der Waals surface area contributed by atoms with Crippen LogP contribution in [-0.4, -0.2) is 35.4 Å². The number of carbonyl (C=O) groups excluding carboxylic acids is 2. The van der Waals surface area contributed by atoms with Crippen molar-refractivity contribution in [2.24, 2.45) is 0 Å². The van der Waals surface area contributed by atoms with E-state index in [1.807, 2.05) is 19.9 Å². The molecule has 0 aliphatic carbocycles. The van der Waals surface area contributed by atoms with Gasteiger partial charge in [0.05, 0.1) is 0 Å². The number of rotatable bonds is 9. The minimum Gasteiger partial charge on any atom is -0.484 e. The maximum Gasteiger partial charge on any atom is 0.261 e. The second-order valence-corrected chi connectivity index (χ2v) is 6.71. The zero-order valence-electron chi connectivity index (χ0n) is 16.5. The van der Waals surface area contributed by atoms with Crippen LogP contribution in [0.3, 0.4) is 0 Å². The smallest absolute Gasteiger partial charge is 0.261 e. The van der Waals surface area contributed by atoms with Gasteiger partial charge in [0.1, 0.15) is 17.6 Å². The number of halogens is 1. The third-order valence-electron chi connectivity index (χ3n) is 4.57. The van der Waals surface area contributed by atoms with Crippen LogP contribution in [0.15, 0.2) is 54.6 Å². The lowest BCUT2D eigenvalue weighted by Gasteiger charge is -2.29. The Hall–Kier alpha value is -2.89. The Morgan fingerprint density at radius 2 is 1.71 bits per heavy atom. The van der Waals surface area contributed by atoms with Crippen LogP contribution >= 0.6 is 0 Å². The van der Waals surface area contributed by atoms with Gasteiger partial charge in [0.25, 0.3) is 5.91 Å². The van der Waals surface area contributed by atoms with E-state index in [4.69, 9.17) is 4.74 Å². The van der Waals surface area contributed by atoms with Crippen molar-refractivity contribution in [3.63, 3.8) is 0 Å². The first kappa shape index (κ1) is 21.4. The van der Waals surface area contributed by atoms with Crippen LogP contribution < -0.4 is 10.1 Å². The molecule has 2 rings (SSSR count). The fourth-order valence-corrected chi connectivity index (χ4v) is 2.60. The highest BCUT2D eigenvalue weighted by molar-refractivity contribution is 5.88. The molecule has 2 atom stereocenters. The molecular formula is C22H27FN2O3. The Morgan fingerprint density at radius 1 is 1.07 bits per heavy atom. The predicted molar refractivity (Wildman–Crippen MR) is 106 cm³/mol. The molecule has 2 aromatic rings. The summed E-state index contributed by atoms with van der Waals surface area (Å²) in [5.74, 6) is -0.533. The van der Waals surface area contributed by atoms with Gasteiger partial charge in [-0.05, 0) is 38.5 Å². The summed E-state index contributed by atoms with van der Waals surface area (Å²) in [4.78, 5) is 26.7. The third kappa shape index (κ3) is 6.08. The van der Waals surface area contributed by atoms with Crippen molar-refractivity contribution in [3.05, 3.63) is 66.0 Å². The molecule has 0 saturated carbocycles. The van der Waals surface area contributed by atoms with E-state index < -0.39 is 11.9 Å². The van der Waals surface area contributed by atoms with Crippen molar-refractivity contribution in [3.8, 4) is 5.75 Å². The number of para-hydroxylation sites is 1. The standard InChI is InChI=1S/C22H27FN2O3/c1-4-16(2)24-22(27)17(3)25(14-18-10-8-9-13-20(18)23)21(26)15-28-19-11-6-5-7-12-19/h5-13,16-17H,4,14-15H2,1-3H3,(H,24,27)/t16-,17-/m0/s1. The summed E-state index contributed by atoms with van der Waals surface area (Å²) in [5.41, 5.74) is 0.346. The van der Waals surface area contributed by atoms with Gasteiger partial charge in [-0.3, -0.25) is 9.59 Å². The van der Waals surface area contributed by atoms with Crippen LogP contribution in [0, 0.1) is 5.82 Å². The first-order valence-electron chi connectivity index (χ1n) is 9.43. The normalized spacial score (nSPS) is 12.7. The van der Waals surface area contributed by atoms with E-state index in [-0.39, 0.29) is 31.0 Å². The number of benzene rings is 2. The average Bonchev–Trinajstić information content (AvgIpc) is 2.71. The maximum atomic E-state index is 14.1. The Labute approximate surface area is 165 Å². The number of hydrogen-bond acceptors (Lipinski definition) is 3. The summed E-state index contributed by atoms with van der Waals surface area (Å²) in [6, 6.07) is 14.4. The molecule has 2 amide bonds. The molecule has 0 bridgehead atoms. The predicted octanol–water partition coefficient (Wildman–Crippen LogP) is 3.54. The molecule has 0 spiro atoms. The summed E-state index contributed by atoms with van der Waals surface area (Å²) in [5, 5.41) is 2.87. The van der Waals surface area contributed by atoms with Gasteiger partial charge in [-0.2, -0.15) is 0 Å². The molecule has 1 N–H and O–H groups in total. The number of ether oxygens (including phenoxy) is 1. The van der Waals surface area contributed by atoms with Gasteiger partial charge in [-0.15, -0.1) is 0 Å². The minimum atomic E-state index is -0.763. The number of amides is 2. The molecule has 150 valence electrons. The quantitative estimate of drug-likeness (QED) is 0.717. The van der Waals surface area contributed by atoms with Crippen molar-refractivity contribution in [2.75, 3.05) is 6.61 Å². The van der Waals surface area contributed by atoms with Crippen molar-refractivity contribution >= 4 is 11.8 Å². The van der Waals surface area contributed by atoms with E-state index in [1.165, 1.54) is 11.0 Å². The van der Waals surface area contributed by atoms with Gasteiger partial charge < -0.3 is 15.0 Å². The van der Waals surface area contributed by atoms with Gasteiger partial charge in [-0.25, -0.2) is 4.39 Å². The monoisotopic (exact) mass is 386 g/mol. The molecule has 0 aliphatic rings. The van der Waals surface area contributed by atoms with Crippen LogP contribution in [0.5, 0.6) is 5.75 Å². The summed E-state index contributed by atoms with van der Waals surface area (Å²) < 4.78 is 19.7. The van der Waals surface area contributed by atoms with E-state index in [2.05, 4.69) is 5.32 Å². The molecule has 0 aliphatic heterocycles. The molecule has 0 saturated heterocycles. The maximum absolute atomic E-state index is 14.1. The summed E-state index contributed by atoms with van der Waals surface area (Å²) in [6.45, 7) is 5.24. The van der Waals surface area contributed by atoms with Gasteiger partial charge in [0, 0.05) is 18.2 Å². The number of nitrogens with zero attached hydrogens (tertiary/aromatic N) is 1. The second-order valence-electron chi connectivity index (χ2n) is 6.71. The van der Waals surface area contributed by atoms with Crippen LogP contribution in [0.25, 0.3) is 0 Å². The molecule has 2 aromatic carbocycles. The summed E-state index contributed by atoms with van der Waals surface area (Å²) in [7, 11) is 0. The number of nitrogens with one attached hydrogen (secondary N) is 1. The van der Waals surface area contributed by atoms with E-state index in [0.29, 0.717) is 11.3 Å². The highest BCUT2D eigenvalue weighted by atomic mass is 19.1. The fourth-order valence-electron chi connectivity index (χ4n) is 2.60. The van der Waals surface area contributed by atoms with Crippen LogP contribution in [-0.2, 0) is 16.1 Å². The molecule has 5 nitrogen and oxygen atoms in total. The van der Waals surface area contributed by atoms with E-state index in [9.17, 15) is 14.0 Å². The Balaban J connectivity index is 2.15. The Bertz CT molecular complexity index is 782. The van der Waals surface area contributed by atoms with Crippen molar-refractivity contribution in [1.82, 2.24) is 10.2 Å². The van der Waals surface area contributed by atoms with Crippen molar-refractivity contribution in [2.45, 2.75) is 45.8 Å². The molecule has 6 heteroatoms. The molecular weight excluding hydrogens is 359 g/mol. The molecule has 0 heterocycles.